The fraction of sp³-hybridized carbons (Fsp3) is 0.222. The number of halogens is 4. The Balaban J connectivity index is 1.97. The van der Waals surface area contributed by atoms with Crippen LogP contribution in [0.5, 0.6) is 5.75 Å². The number of benzene rings is 2. The molecule has 2 aromatic rings. The highest BCUT2D eigenvalue weighted by Gasteiger charge is 2.44. The highest BCUT2D eigenvalue weighted by Crippen LogP contribution is 2.34. The average molecular weight is 430 g/mol. The number of ether oxygens (including phenoxy) is 1. The SMILES string of the molecule is COc1ccc(Cl)cc1N(OC(=O)C(F)(F)F)C(=O)Nc1cccc2c1CCN2. The second-order valence-electron chi connectivity index (χ2n) is 5.93. The van der Waals surface area contributed by atoms with E-state index in [9.17, 15) is 22.8 Å². The van der Waals surface area contributed by atoms with Gasteiger partial charge in [0.25, 0.3) is 0 Å². The Morgan fingerprint density at radius 2 is 2.00 bits per heavy atom. The fourth-order valence-corrected chi connectivity index (χ4v) is 2.95. The van der Waals surface area contributed by atoms with Gasteiger partial charge in [-0.25, -0.2) is 9.59 Å². The molecule has 29 heavy (non-hydrogen) atoms. The first-order valence-electron chi connectivity index (χ1n) is 8.30. The van der Waals surface area contributed by atoms with Gasteiger partial charge in [0, 0.05) is 28.5 Å². The maximum absolute atomic E-state index is 12.8. The minimum Gasteiger partial charge on any atom is -0.494 e. The number of urea groups is 1. The molecule has 0 saturated carbocycles. The summed E-state index contributed by atoms with van der Waals surface area (Å²) in [5.74, 6) is -2.60. The van der Waals surface area contributed by atoms with Crippen LogP contribution < -0.4 is 20.4 Å². The van der Waals surface area contributed by atoms with Crippen LogP contribution in [0.4, 0.5) is 35.0 Å². The van der Waals surface area contributed by atoms with E-state index < -0.39 is 18.2 Å². The molecule has 2 aromatic carbocycles. The van der Waals surface area contributed by atoms with Crippen molar-refractivity contribution in [1.82, 2.24) is 0 Å². The van der Waals surface area contributed by atoms with Crippen LogP contribution in [-0.2, 0) is 16.1 Å². The van der Waals surface area contributed by atoms with Crippen molar-refractivity contribution in [3.8, 4) is 5.75 Å². The molecule has 0 aromatic heterocycles. The van der Waals surface area contributed by atoms with Crippen molar-refractivity contribution < 1.29 is 32.3 Å². The summed E-state index contributed by atoms with van der Waals surface area (Å²) in [7, 11) is 1.24. The van der Waals surface area contributed by atoms with E-state index in [0.29, 0.717) is 18.7 Å². The summed E-state index contributed by atoms with van der Waals surface area (Å²) in [4.78, 5) is 28.6. The Labute approximate surface area is 168 Å². The molecule has 0 spiro atoms. The van der Waals surface area contributed by atoms with E-state index in [2.05, 4.69) is 15.5 Å². The van der Waals surface area contributed by atoms with Gasteiger partial charge >= 0.3 is 18.2 Å². The van der Waals surface area contributed by atoms with E-state index in [1.807, 2.05) is 0 Å². The Bertz CT molecular complexity index is 952. The number of methoxy groups -OCH3 is 1. The molecule has 1 aliphatic rings. The molecular weight excluding hydrogens is 415 g/mol. The Morgan fingerprint density at radius 3 is 2.69 bits per heavy atom. The van der Waals surface area contributed by atoms with Crippen LogP contribution in [0.25, 0.3) is 0 Å². The maximum atomic E-state index is 12.8. The van der Waals surface area contributed by atoms with Crippen LogP contribution >= 0.6 is 11.6 Å². The van der Waals surface area contributed by atoms with E-state index in [4.69, 9.17) is 16.3 Å². The summed E-state index contributed by atoms with van der Waals surface area (Å²) in [6.45, 7) is 0.650. The quantitative estimate of drug-likeness (QED) is 0.708. The molecule has 0 fully saturated rings. The van der Waals surface area contributed by atoms with Crippen LogP contribution in [0, 0.1) is 0 Å². The standard InChI is InChI=1S/C18H15ClF3N3O4/c1-28-15-6-5-10(19)9-14(15)25(29-16(26)18(20,21)22)17(27)24-13-4-2-3-12-11(13)7-8-23-12/h2-6,9,23H,7-8H2,1H3,(H,24,27). The predicted molar refractivity (Wildman–Crippen MR) is 100 cm³/mol. The molecule has 0 atom stereocenters. The number of hydrogen-bond acceptors (Lipinski definition) is 5. The minimum atomic E-state index is -5.32. The van der Waals surface area contributed by atoms with Gasteiger partial charge in [0.1, 0.15) is 11.4 Å². The molecule has 1 aliphatic heterocycles. The summed E-state index contributed by atoms with van der Waals surface area (Å²) in [6.07, 6.45) is -4.71. The molecule has 0 unspecified atom stereocenters. The summed E-state index contributed by atoms with van der Waals surface area (Å²) in [5, 5.41) is 5.85. The largest absolute Gasteiger partial charge is 0.494 e. The molecule has 154 valence electrons. The Hall–Kier alpha value is -3.14. The maximum Gasteiger partial charge on any atom is 0.493 e. The number of carbonyl (C=O) groups is 2. The number of nitrogens with zero attached hydrogens (tertiary/aromatic N) is 1. The van der Waals surface area contributed by atoms with Crippen molar-refractivity contribution in [2.75, 3.05) is 29.4 Å². The lowest BCUT2D eigenvalue weighted by atomic mass is 10.1. The van der Waals surface area contributed by atoms with E-state index in [0.717, 1.165) is 17.3 Å². The molecule has 0 aliphatic carbocycles. The van der Waals surface area contributed by atoms with Gasteiger partial charge in [-0.2, -0.15) is 13.2 Å². The summed E-state index contributed by atoms with van der Waals surface area (Å²) >= 11 is 5.90. The molecule has 11 heteroatoms. The average Bonchev–Trinajstić information content (AvgIpc) is 3.15. The lowest BCUT2D eigenvalue weighted by molar-refractivity contribution is -0.199. The third kappa shape index (κ3) is 4.48. The van der Waals surface area contributed by atoms with Crippen LogP contribution in [0.3, 0.4) is 0 Å². The summed E-state index contributed by atoms with van der Waals surface area (Å²) in [5.41, 5.74) is 1.66. The first kappa shape index (κ1) is 20.6. The van der Waals surface area contributed by atoms with Crippen molar-refractivity contribution in [1.29, 1.82) is 0 Å². The first-order valence-corrected chi connectivity index (χ1v) is 8.68. The monoisotopic (exact) mass is 429 g/mol. The van der Waals surface area contributed by atoms with E-state index in [1.165, 1.54) is 19.2 Å². The highest BCUT2D eigenvalue weighted by atomic mass is 35.5. The number of rotatable bonds is 3. The minimum absolute atomic E-state index is 0.0283. The zero-order valence-electron chi connectivity index (χ0n) is 15.0. The van der Waals surface area contributed by atoms with Crippen molar-refractivity contribution >= 4 is 40.7 Å². The van der Waals surface area contributed by atoms with E-state index >= 15 is 0 Å². The highest BCUT2D eigenvalue weighted by molar-refractivity contribution is 6.31. The van der Waals surface area contributed by atoms with Crippen molar-refractivity contribution in [2.24, 2.45) is 0 Å². The van der Waals surface area contributed by atoms with Crippen LogP contribution in [-0.4, -0.2) is 31.8 Å². The van der Waals surface area contributed by atoms with Crippen LogP contribution in [0.15, 0.2) is 36.4 Å². The van der Waals surface area contributed by atoms with Gasteiger partial charge in [0.15, 0.2) is 0 Å². The van der Waals surface area contributed by atoms with Gasteiger partial charge in [-0.05, 0) is 36.8 Å². The predicted octanol–water partition coefficient (Wildman–Crippen LogP) is 4.38. The molecule has 0 radical (unpaired) electrons. The summed E-state index contributed by atoms with van der Waals surface area (Å²) in [6, 6.07) is 7.79. The van der Waals surface area contributed by atoms with Gasteiger partial charge in [-0.1, -0.05) is 17.7 Å². The number of hydrogen-bond donors (Lipinski definition) is 2. The fourth-order valence-electron chi connectivity index (χ4n) is 2.78. The Morgan fingerprint density at radius 1 is 1.24 bits per heavy atom. The van der Waals surface area contributed by atoms with Crippen molar-refractivity contribution in [3.63, 3.8) is 0 Å². The molecule has 1 heterocycles. The second-order valence-corrected chi connectivity index (χ2v) is 6.36. The van der Waals surface area contributed by atoms with Crippen LogP contribution in [0.1, 0.15) is 5.56 Å². The van der Waals surface area contributed by atoms with Gasteiger partial charge in [0.2, 0.25) is 0 Å². The van der Waals surface area contributed by atoms with Gasteiger partial charge in [-0.3, -0.25) is 0 Å². The number of carbonyl (C=O) groups excluding carboxylic acids is 2. The third-order valence-corrected chi connectivity index (χ3v) is 4.29. The lowest BCUT2D eigenvalue weighted by Gasteiger charge is -2.24. The van der Waals surface area contributed by atoms with E-state index in [-0.39, 0.29) is 21.5 Å². The van der Waals surface area contributed by atoms with Gasteiger partial charge < -0.3 is 20.2 Å². The van der Waals surface area contributed by atoms with E-state index in [1.54, 1.807) is 18.2 Å². The molecule has 0 saturated heterocycles. The van der Waals surface area contributed by atoms with Gasteiger partial charge in [0.05, 0.1) is 7.11 Å². The Kier molecular flexibility index (Phi) is 5.73. The normalized spacial score (nSPS) is 12.6. The molecule has 2 N–H and O–H groups in total. The number of nitrogens with one attached hydrogen (secondary N) is 2. The summed E-state index contributed by atoms with van der Waals surface area (Å²) < 4.78 is 43.3. The molecule has 7 nitrogen and oxygen atoms in total. The lowest BCUT2D eigenvalue weighted by Crippen LogP contribution is -2.41. The zero-order chi connectivity index (χ0) is 21.2. The third-order valence-electron chi connectivity index (χ3n) is 4.06. The molecular formula is C18H15ClF3N3O4. The smallest absolute Gasteiger partial charge is 0.493 e. The number of amides is 2. The number of hydroxylamine groups is 1. The van der Waals surface area contributed by atoms with Crippen molar-refractivity contribution in [3.05, 3.63) is 47.0 Å². The van der Waals surface area contributed by atoms with Crippen molar-refractivity contribution in [2.45, 2.75) is 12.6 Å². The van der Waals surface area contributed by atoms with Crippen LogP contribution in [0.2, 0.25) is 5.02 Å². The number of anilines is 3. The topological polar surface area (TPSA) is 79.9 Å². The number of alkyl halides is 3. The van der Waals surface area contributed by atoms with Gasteiger partial charge in [-0.15, -0.1) is 5.06 Å². The first-order chi connectivity index (χ1) is 13.7. The molecule has 3 rings (SSSR count). The molecule has 0 bridgehead atoms. The molecule has 2 amide bonds. The number of fused-ring (bicyclic) bond motifs is 1. The zero-order valence-corrected chi connectivity index (χ0v) is 15.7. The second kappa shape index (κ2) is 8.08.